The molecule has 0 radical (unpaired) electrons. The van der Waals surface area contributed by atoms with Gasteiger partial charge in [0.1, 0.15) is 6.10 Å². The number of rotatable bonds is 3. The Hall–Kier alpha value is -1.31. The van der Waals surface area contributed by atoms with Crippen LogP contribution in [0.25, 0.3) is 0 Å². The number of hydrogen-bond donors (Lipinski definition) is 0. The van der Waals surface area contributed by atoms with Gasteiger partial charge in [0.05, 0.1) is 0 Å². The molecule has 0 aliphatic rings. The summed E-state index contributed by atoms with van der Waals surface area (Å²) >= 11 is 0. The average molecular weight is 192 g/mol. The first-order chi connectivity index (χ1) is 6.63. The number of ether oxygens (including phenoxy) is 1. The van der Waals surface area contributed by atoms with Crippen molar-refractivity contribution >= 4 is 5.97 Å². The lowest BCUT2D eigenvalue weighted by molar-refractivity contribution is -0.146. The fourth-order valence-corrected chi connectivity index (χ4v) is 1.46. The van der Waals surface area contributed by atoms with Crippen LogP contribution in [0, 0.1) is 6.92 Å². The van der Waals surface area contributed by atoms with Gasteiger partial charge in [-0.15, -0.1) is 0 Å². The molecule has 0 spiro atoms. The van der Waals surface area contributed by atoms with Gasteiger partial charge in [0.25, 0.3) is 0 Å². The fourth-order valence-electron chi connectivity index (χ4n) is 1.46. The first kappa shape index (κ1) is 10.8. The number of aryl methyl sites for hydroxylation is 1. The molecule has 14 heavy (non-hydrogen) atoms. The van der Waals surface area contributed by atoms with Gasteiger partial charge in [-0.25, -0.2) is 0 Å². The monoisotopic (exact) mass is 192 g/mol. The van der Waals surface area contributed by atoms with Crippen LogP contribution in [0.4, 0.5) is 0 Å². The average Bonchev–Trinajstić information content (AvgIpc) is 2.14. The normalized spacial score (nSPS) is 12.2. The van der Waals surface area contributed by atoms with Gasteiger partial charge >= 0.3 is 5.97 Å². The maximum absolute atomic E-state index is 10.8. The molecule has 0 amide bonds. The van der Waals surface area contributed by atoms with Crippen molar-refractivity contribution in [1.29, 1.82) is 0 Å². The number of carbonyl (C=O) groups excluding carboxylic acids is 1. The van der Waals surface area contributed by atoms with E-state index in [1.807, 2.05) is 32.0 Å². The Balaban J connectivity index is 2.83. The molecule has 0 aliphatic heterocycles. The van der Waals surface area contributed by atoms with E-state index < -0.39 is 0 Å². The zero-order valence-electron chi connectivity index (χ0n) is 8.91. The van der Waals surface area contributed by atoms with Crippen molar-refractivity contribution in [1.82, 2.24) is 0 Å². The van der Waals surface area contributed by atoms with Crippen LogP contribution in [0.1, 0.15) is 37.5 Å². The van der Waals surface area contributed by atoms with E-state index in [2.05, 4.69) is 6.07 Å². The third-order valence-corrected chi connectivity index (χ3v) is 2.09. The highest BCUT2D eigenvalue weighted by Crippen LogP contribution is 2.21. The van der Waals surface area contributed by atoms with Crippen LogP contribution in [0.2, 0.25) is 0 Å². The van der Waals surface area contributed by atoms with Gasteiger partial charge in [0.2, 0.25) is 0 Å². The van der Waals surface area contributed by atoms with Crippen LogP contribution < -0.4 is 0 Å². The topological polar surface area (TPSA) is 26.3 Å². The lowest BCUT2D eigenvalue weighted by atomic mass is 10.0. The van der Waals surface area contributed by atoms with E-state index >= 15 is 0 Å². The van der Waals surface area contributed by atoms with E-state index in [1.54, 1.807) is 0 Å². The summed E-state index contributed by atoms with van der Waals surface area (Å²) in [6, 6.07) is 8.06. The van der Waals surface area contributed by atoms with Gasteiger partial charge in [0.15, 0.2) is 0 Å². The quantitative estimate of drug-likeness (QED) is 0.688. The molecule has 0 saturated carbocycles. The lowest BCUT2D eigenvalue weighted by Gasteiger charge is -2.15. The Bertz CT molecular complexity index is 318. The van der Waals surface area contributed by atoms with Crippen molar-refractivity contribution in [2.45, 2.75) is 33.3 Å². The number of carbonyl (C=O) groups is 1. The van der Waals surface area contributed by atoms with Gasteiger partial charge in [0, 0.05) is 6.92 Å². The summed E-state index contributed by atoms with van der Waals surface area (Å²) in [6.07, 6.45) is 0.704. The van der Waals surface area contributed by atoms with Gasteiger partial charge in [-0.2, -0.15) is 0 Å². The Kier molecular flexibility index (Phi) is 3.69. The van der Waals surface area contributed by atoms with Crippen molar-refractivity contribution in [3.63, 3.8) is 0 Å². The third-order valence-electron chi connectivity index (χ3n) is 2.09. The van der Waals surface area contributed by atoms with Crippen molar-refractivity contribution in [3.8, 4) is 0 Å². The first-order valence-electron chi connectivity index (χ1n) is 4.87. The molecule has 2 heteroatoms. The molecule has 1 aromatic carbocycles. The predicted octanol–water partition coefficient (Wildman–Crippen LogP) is 3.01. The van der Waals surface area contributed by atoms with Crippen molar-refractivity contribution in [2.24, 2.45) is 0 Å². The predicted molar refractivity (Wildman–Crippen MR) is 56.0 cm³/mol. The van der Waals surface area contributed by atoms with Crippen LogP contribution in [-0.2, 0) is 9.53 Å². The van der Waals surface area contributed by atoms with E-state index in [-0.39, 0.29) is 12.1 Å². The molecule has 1 atom stereocenters. The van der Waals surface area contributed by atoms with Crippen LogP contribution in [0.3, 0.4) is 0 Å². The summed E-state index contributed by atoms with van der Waals surface area (Å²) in [4.78, 5) is 10.8. The van der Waals surface area contributed by atoms with E-state index in [9.17, 15) is 4.79 Å². The third kappa shape index (κ3) is 2.87. The van der Waals surface area contributed by atoms with Gasteiger partial charge in [-0.1, -0.05) is 36.8 Å². The number of benzene rings is 1. The summed E-state index contributed by atoms with van der Waals surface area (Å²) in [6.45, 7) is 5.48. The molecule has 0 aromatic heterocycles. The van der Waals surface area contributed by atoms with Crippen LogP contribution in [0.5, 0.6) is 0 Å². The summed E-state index contributed by atoms with van der Waals surface area (Å²) in [7, 11) is 0. The highest BCUT2D eigenvalue weighted by molar-refractivity contribution is 5.66. The zero-order chi connectivity index (χ0) is 10.6. The number of esters is 1. The summed E-state index contributed by atoms with van der Waals surface area (Å²) in [5.41, 5.74) is 2.26. The Morgan fingerprint density at radius 1 is 1.50 bits per heavy atom. The zero-order valence-corrected chi connectivity index (χ0v) is 8.91. The molecule has 0 saturated heterocycles. The molecule has 1 unspecified atom stereocenters. The molecule has 76 valence electrons. The summed E-state index contributed by atoms with van der Waals surface area (Å²) < 4.78 is 5.20. The van der Waals surface area contributed by atoms with E-state index in [1.165, 1.54) is 12.5 Å². The van der Waals surface area contributed by atoms with Crippen molar-refractivity contribution in [3.05, 3.63) is 35.4 Å². The second-order valence-corrected chi connectivity index (χ2v) is 3.42. The van der Waals surface area contributed by atoms with Crippen molar-refractivity contribution < 1.29 is 9.53 Å². The smallest absolute Gasteiger partial charge is 0.303 e. The molecule has 1 aromatic rings. The minimum atomic E-state index is -0.224. The van der Waals surface area contributed by atoms with Crippen molar-refractivity contribution in [2.75, 3.05) is 0 Å². The molecular weight excluding hydrogens is 176 g/mol. The van der Waals surface area contributed by atoms with E-state index in [0.717, 1.165) is 12.0 Å². The second kappa shape index (κ2) is 4.80. The van der Waals surface area contributed by atoms with E-state index in [4.69, 9.17) is 4.74 Å². The first-order valence-corrected chi connectivity index (χ1v) is 4.87. The minimum absolute atomic E-state index is 0.104. The molecule has 0 aliphatic carbocycles. The van der Waals surface area contributed by atoms with Gasteiger partial charge < -0.3 is 4.74 Å². The molecule has 0 N–H and O–H groups in total. The maximum atomic E-state index is 10.8. The van der Waals surface area contributed by atoms with Crippen LogP contribution in [0.15, 0.2) is 24.3 Å². The molecule has 0 fully saturated rings. The van der Waals surface area contributed by atoms with E-state index in [0.29, 0.717) is 0 Å². The Labute approximate surface area is 84.9 Å². The minimum Gasteiger partial charge on any atom is -0.458 e. The second-order valence-electron chi connectivity index (χ2n) is 3.42. The lowest BCUT2D eigenvalue weighted by Crippen LogP contribution is -2.07. The molecule has 0 bridgehead atoms. The molecule has 0 heterocycles. The highest BCUT2D eigenvalue weighted by Gasteiger charge is 2.11. The van der Waals surface area contributed by atoms with Crippen LogP contribution >= 0.6 is 0 Å². The fraction of sp³-hybridized carbons (Fsp3) is 0.417. The molecular formula is C12H16O2. The largest absolute Gasteiger partial charge is 0.458 e. The molecule has 1 rings (SSSR count). The highest BCUT2D eigenvalue weighted by atomic mass is 16.5. The molecule has 2 nitrogen and oxygen atoms in total. The van der Waals surface area contributed by atoms with Gasteiger partial charge in [-0.05, 0) is 18.9 Å². The summed E-state index contributed by atoms with van der Waals surface area (Å²) in [5.74, 6) is -0.224. The standard InChI is InChI=1S/C12H16O2/c1-4-12(14-10(3)13)11-7-5-6-9(2)8-11/h5-8,12H,4H2,1-3H3. The maximum Gasteiger partial charge on any atom is 0.303 e. The van der Waals surface area contributed by atoms with Gasteiger partial charge in [-0.3, -0.25) is 4.79 Å². The Morgan fingerprint density at radius 3 is 2.71 bits per heavy atom. The number of hydrogen-bond acceptors (Lipinski definition) is 2. The summed E-state index contributed by atoms with van der Waals surface area (Å²) in [5, 5.41) is 0. The SMILES string of the molecule is CCC(OC(C)=O)c1cccc(C)c1. The van der Waals surface area contributed by atoms with Crippen LogP contribution in [-0.4, -0.2) is 5.97 Å². The Morgan fingerprint density at radius 2 is 2.21 bits per heavy atom.